The first-order chi connectivity index (χ1) is 18.7. The molecular weight excluding hydrogens is 494 g/mol. The predicted molar refractivity (Wildman–Crippen MR) is 168 cm³/mol. The second-order valence-electron chi connectivity index (χ2n) is 11.3. The summed E-state index contributed by atoms with van der Waals surface area (Å²) in [6, 6.07) is 26.7. The molecule has 2 aliphatic rings. The van der Waals surface area contributed by atoms with Crippen molar-refractivity contribution >= 4 is 33.9 Å². The van der Waals surface area contributed by atoms with Crippen molar-refractivity contribution in [3.8, 4) is 0 Å². The minimum absolute atomic E-state index is 0.543. The highest BCUT2D eigenvalue weighted by Crippen LogP contribution is 2.56. The van der Waals surface area contributed by atoms with Gasteiger partial charge < -0.3 is 9.80 Å². The fraction of sp³-hybridized carbons (Fsp3) is 0.286. The standard InChI is InChI=1S/C35H37N3S/c1-22-18-25(4)32(26(5)19-22)37-16-17-38(33-27(6)20-23(2)21-28(33)7)35(37)29-13-9-11-15-31(29)39-34(35)36-30-14-10-8-12-24(30)3/h8-15,18-21H,16-17H2,1-7H3. The number of para-hydroxylation sites is 1. The number of nitrogens with zero attached hydrogens (tertiary/aromatic N) is 3. The Bertz CT molecular complexity index is 1520. The van der Waals surface area contributed by atoms with Crippen LogP contribution in [0.25, 0.3) is 0 Å². The van der Waals surface area contributed by atoms with Crippen LogP contribution in [0.15, 0.2) is 82.7 Å². The molecule has 4 heteroatoms. The number of thioether (sulfide) groups is 1. The Morgan fingerprint density at radius 2 is 1.10 bits per heavy atom. The molecular formula is C35H37N3S. The third-order valence-corrected chi connectivity index (χ3v) is 9.39. The Labute approximate surface area is 237 Å². The van der Waals surface area contributed by atoms with E-state index in [9.17, 15) is 0 Å². The van der Waals surface area contributed by atoms with Gasteiger partial charge in [-0.2, -0.15) is 0 Å². The van der Waals surface area contributed by atoms with Gasteiger partial charge in [-0.05, 0) is 88.4 Å². The molecule has 0 amide bonds. The first kappa shape index (κ1) is 25.8. The fourth-order valence-corrected chi connectivity index (χ4v) is 8.26. The Morgan fingerprint density at radius 1 is 0.615 bits per heavy atom. The lowest BCUT2D eigenvalue weighted by molar-refractivity contribution is 0.600. The van der Waals surface area contributed by atoms with Crippen LogP contribution in [0.2, 0.25) is 0 Å². The molecule has 0 N–H and O–H groups in total. The Balaban J connectivity index is 1.71. The van der Waals surface area contributed by atoms with E-state index in [2.05, 4.69) is 131 Å². The zero-order valence-corrected chi connectivity index (χ0v) is 24.9. The summed E-state index contributed by atoms with van der Waals surface area (Å²) in [7, 11) is 0. The molecule has 0 aliphatic carbocycles. The molecule has 4 aromatic carbocycles. The average Bonchev–Trinajstić information content (AvgIpc) is 3.39. The lowest BCUT2D eigenvalue weighted by atomic mass is 9.93. The van der Waals surface area contributed by atoms with Gasteiger partial charge in [-0.25, -0.2) is 4.99 Å². The van der Waals surface area contributed by atoms with E-state index in [-0.39, 0.29) is 0 Å². The van der Waals surface area contributed by atoms with Crippen LogP contribution in [0, 0.1) is 48.5 Å². The second-order valence-corrected chi connectivity index (χ2v) is 12.3. The SMILES string of the molecule is Cc1cc(C)c(N2CCN(c3c(C)cc(C)cc3C)C23C(=Nc2ccccc2C)Sc2ccccc23)c(C)c1. The molecule has 39 heavy (non-hydrogen) atoms. The maximum atomic E-state index is 5.51. The fourth-order valence-electron chi connectivity index (χ4n) is 6.97. The third-order valence-electron chi connectivity index (χ3n) is 8.24. The van der Waals surface area contributed by atoms with Crippen LogP contribution in [0.4, 0.5) is 17.1 Å². The van der Waals surface area contributed by atoms with Crippen molar-refractivity contribution < 1.29 is 0 Å². The van der Waals surface area contributed by atoms with Gasteiger partial charge in [-0.3, -0.25) is 0 Å². The summed E-state index contributed by atoms with van der Waals surface area (Å²) in [6.07, 6.45) is 0. The van der Waals surface area contributed by atoms with E-state index in [0.717, 1.165) is 23.8 Å². The number of hydrogen-bond acceptors (Lipinski definition) is 4. The van der Waals surface area contributed by atoms with E-state index in [0.29, 0.717) is 0 Å². The monoisotopic (exact) mass is 531 g/mol. The number of benzene rings is 4. The Kier molecular flexibility index (Phi) is 6.34. The highest BCUT2D eigenvalue weighted by atomic mass is 32.2. The quantitative estimate of drug-likeness (QED) is 0.263. The summed E-state index contributed by atoms with van der Waals surface area (Å²) in [6.45, 7) is 17.4. The van der Waals surface area contributed by atoms with Crippen molar-refractivity contribution in [2.24, 2.45) is 4.99 Å². The van der Waals surface area contributed by atoms with Gasteiger partial charge in [0.15, 0.2) is 5.66 Å². The maximum Gasteiger partial charge on any atom is 0.191 e. The molecule has 0 unspecified atom stereocenters. The summed E-state index contributed by atoms with van der Waals surface area (Å²) in [5.74, 6) is 0. The molecule has 1 saturated heterocycles. The van der Waals surface area contributed by atoms with Crippen molar-refractivity contribution in [2.75, 3.05) is 22.9 Å². The predicted octanol–water partition coefficient (Wildman–Crippen LogP) is 8.86. The van der Waals surface area contributed by atoms with Crippen LogP contribution in [-0.4, -0.2) is 18.1 Å². The Hall–Kier alpha value is -3.50. The van der Waals surface area contributed by atoms with E-state index in [1.165, 1.54) is 60.8 Å². The molecule has 0 aromatic heterocycles. The van der Waals surface area contributed by atoms with Crippen LogP contribution in [0.1, 0.15) is 44.5 Å². The summed E-state index contributed by atoms with van der Waals surface area (Å²) in [5, 5.41) is 1.12. The molecule has 3 nitrogen and oxygen atoms in total. The van der Waals surface area contributed by atoms with E-state index >= 15 is 0 Å². The van der Waals surface area contributed by atoms with E-state index in [1.807, 2.05) is 11.8 Å². The summed E-state index contributed by atoms with van der Waals surface area (Å²) in [4.78, 5) is 12.1. The summed E-state index contributed by atoms with van der Waals surface area (Å²) in [5.41, 5.74) is 13.5. The number of hydrogen-bond donors (Lipinski definition) is 0. The van der Waals surface area contributed by atoms with E-state index < -0.39 is 5.66 Å². The van der Waals surface area contributed by atoms with Gasteiger partial charge in [0.2, 0.25) is 0 Å². The molecule has 2 heterocycles. The lowest BCUT2D eigenvalue weighted by Crippen LogP contribution is -2.55. The second kappa shape index (κ2) is 9.60. The third kappa shape index (κ3) is 4.00. The zero-order chi connectivity index (χ0) is 27.5. The number of fused-ring (bicyclic) bond motifs is 2. The highest BCUT2D eigenvalue weighted by Gasteiger charge is 2.58. The average molecular weight is 532 g/mol. The Morgan fingerprint density at radius 3 is 1.64 bits per heavy atom. The first-order valence-electron chi connectivity index (χ1n) is 13.8. The lowest BCUT2D eigenvalue weighted by Gasteiger charge is -2.45. The van der Waals surface area contributed by atoms with Gasteiger partial charge in [0, 0.05) is 34.9 Å². The number of aliphatic imine (C=N–C) groups is 1. The summed E-state index contributed by atoms with van der Waals surface area (Å²) >= 11 is 1.83. The van der Waals surface area contributed by atoms with E-state index in [1.54, 1.807) is 0 Å². The van der Waals surface area contributed by atoms with Gasteiger partial charge >= 0.3 is 0 Å². The van der Waals surface area contributed by atoms with Gasteiger partial charge in [-0.1, -0.05) is 83.6 Å². The van der Waals surface area contributed by atoms with Crippen molar-refractivity contribution in [2.45, 2.75) is 59.0 Å². The van der Waals surface area contributed by atoms with E-state index in [4.69, 9.17) is 4.99 Å². The number of rotatable bonds is 3. The van der Waals surface area contributed by atoms with Gasteiger partial charge in [0.05, 0.1) is 5.69 Å². The van der Waals surface area contributed by atoms with Crippen LogP contribution in [0.3, 0.4) is 0 Å². The highest BCUT2D eigenvalue weighted by molar-refractivity contribution is 8.14. The van der Waals surface area contributed by atoms with Crippen LogP contribution in [0.5, 0.6) is 0 Å². The summed E-state index contributed by atoms with van der Waals surface area (Å²) < 4.78 is 0. The van der Waals surface area contributed by atoms with Gasteiger partial charge in [0.25, 0.3) is 0 Å². The van der Waals surface area contributed by atoms with Crippen molar-refractivity contribution in [1.29, 1.82) is 0 Å². The zero-order valence-electron chi connectivity index (χ0n) is 24.1. The van der Waals surface area contributed by atoms with Crippen molar-refractivity contribution in [3.63, 3.8) is 0 Å². The number of aryl methyl sites for hydroxylation is 7. The molecule has 1 spiro atoms. The molecule has 6 rings (SSSR count). The topological polar surface area (TPSA) is 18.8 Å². The normalized spacial score (nSPS) is 16.9. The first-order valence-corrected chi connectivity index (χ1v) is 14.7. The minimum atomic E-state index is -0.543. The molecule has 1 fully saturated rings. The molecule has 0 radical (unpaired) electrons. The van der Waals surface area contributed by atoms with Crippen molar-refractivity contribution in [1.82, 2.24) is 0 Å². The molecule has 0 saturated carbocycles. The molecule has 0 bridgehead atoms. The number of anilines is 2. The van der Waals surface area contributed by atoms with Crippen LogP contribution >= 0.6 is 11.8 Å². The van der Waals surface area contributed by atoms with Gasteiger partial charge in [-0.15, -0.1) is 0 Å². The molecule has 2 aliphatic heterocycles. The van der Waals surface area contributed by atoms with Crippen LogP contribution in [-0.2, 0) is 5.66 Å². The molecule has 0 atom stereocenters. The molecule has 198 valence electrons. The maximum absolute atomic E-state index is 5.51. The van der Waals surface area contributed by atoms with Crippen LogP contribution < -0.4 is 9.80 Å². The van der Waals surface area contributed by atoms with Crippen molar-refractivity contribution in [3.05, 3.63) is 117 Å². The van der Waals surface area contributed by atoms with Gasteiger partial charge in [0.1, 0.15) is 5.04 Å². The molecule has 4 aromatic rings. The smallest absolute Gasteiger partial charge is 0.191 e. The largest absolute Gasteiger partial charge is 0.337 e. The minimum Gasteiger partial charge on any atom is -0.337 e.